The standard InChI is InChI=1S/C15H25N3O/c1-3-18(12-14-8-5-4-6-9-14)15(19)13-17(2)11-7-10-16/h4-6,8-9H,3,7,10-13,16H2,1-2H3. The zero-order valence-electron chi connectivity index (χ0n) is 12.0. The molecule has 0 spiro atoms. The van der Waals surface area contributed by atoms with Crippen molar-refractivity contribution in [1.29, 1.82) is 0 Å². The Labute approximate surface area is 116 Å². The molecule has 4 nitrogen and oxygen atoms in total. The van der Waals surface area contributed by atoms with Crippen LogP contribution < -0.4 is 5.73 Å². The number of nitrogens with zero attached hydrogens (tertiary/aromatic N) is 2. The van der Waals surface area contributed by atoms with E-state index in [9.17, 15) is 4.79 Å². The predicted octanol–water partition coefficient (Wildman–Crippen LogP) is 1.32. The van der Waals surface area contributed by atoms with Crippen molar-refractivity contribution >= 4 is 5.91 Å². The molecule has 0 atom stereocenters. The molecule has 0 saturated carbocycles. The molecule has 1 aromatic carbocycles. The average Bonchev–Trinajstić information content (AvgIpc) is 2.43. The second-order valence-corrected chi connectivity index (χ2v) is 4.77. The lowest BCUT2D eigenvalue weighted by Gasteiger charge is -2.24. The third-order valence-electron chi connectivity index (χ3n) is 3.10. The third kappa shape index (κ3) is 5.85. The molecule has 0 heterocycles. The van der Waals surface area contributed by atoms with Gasteiger partial charge in [-0.1, -0.05) is 30.3 Å². The van der Waals surface area contributed by atoms with Gasteiger partial charge in [-0.3, -0.25) is 9.69 Å². The van der Waals surface area contributed by atoms with Crippen LogP contribution in [0.25, 0.3) is 0 Å². The summed E-state index contributed by atoms with van der Waals surface area (Å²) >= 11 is 0. The molecule has 0 aliphatic rings. The van der Waals surface area contributed by atoms with Gasteiger partial charge in [-0.05, 0) is 39.0 Å². The van der Waals surface area contributed by atoms with E-state index in [0.717, 1.165) is 19.5 Å². The fourth-order valence-electron chi connectivity index (χ4n) is 1.95. The molecule has 0 aliphatic carbocycles. The fraction of sp³-hybridized carbons (Fsp3) is 0.533. The van der Waals surface area contributed by atoms with E-state index in [0.29, 0.717) is 19.6 Å². The summed E-state index contributed by atoms with van der Waals surface area (Å²) in [6, 6.07) is 10.1. The molecule has 0 unspecified atom stereocenters. The Morgan fingerprint density at radius 1 is 1.26 bits per heavy atom. The van der Waals surface area contributed by atoms with Crippen LogP contribution in [0.3, 0.4) is 0 Å². The highest BCUT2D eigenvalue weighted by Gasteiger charge is 2.13. The fourth-order valence-corrected chi connectivity index (χ4v) is 1.95. The number of carbonyl (C=O) groups excluding carboxylic acids is 1. The zero-order chi connectivity index (χ0) is 14.1. The number of amides is 1. The molecule has 0 saturated heterocycles. The van der Waals surface area contributed by atoms with Crippen molar-refractivity contribution in [3.05, 3.63) is 35.9 Å². The molecule has 2 N–H and O–H groups in total. The summed E-state index contributed by atoms with van der Waals surface area (Å²) in [5.74, 6) is 0.172. The van der Waals surface area contributed by atoms with Gasteiger partial charge in [-0.2, -0.15) is 0 Å². The van der Waals surface area contributed by atoms with Crippen molar-refractivity contribution in [3.63, 3.8) is 0 Å². The number of hydrogen-bond donors (Lipinski definition) is 1. The van der Waals surface area contributed by atoms with Crippen LogP contribution in [0.4, 0.5) is 0 Å². The number of hydrogen-bond acceptors (Lipinski definition) is 3. The van der Waals surface area contributed by atoms with Crippen LogP contribution in [0.1, 0.15) is 18.9 Å². The molecule has 4 heteroatoms. The maximum atomic E-state index is 12.2. The molecule has 1 amide bonds. The molecular formula is C15H25N3O. The van der Waals surface area contributed by atoms with Gasteiger partial charge in [0.15, 0.2) is 0 Å². The Morgan fingerprint density at radius 3 is 2.53 bits per heavy atom. The highest BCUT2D eigenvalue weighted by molar-refractivity contribution is 5.78. The van der Waals surface area contributed by atoms with Crippen molar-refractivity contribution in [1.82, 2.24) is 9.80 Å². The highest BCUT2D eigenvalue weighted by Crippen LogP contribution is 2.05. The topological polar surface area (TPSA) is 49.6 Å². The van der Waals surface area contributed by atoms with Crippen LogP contribution in [-0.4, -0.2) is 48.9 Å². The van der Waals surface area contributed by atoms with Gasteiger partial charge < -0.3 is 10.6 Å². The Hall–Kier alpha value is -1.39. The van der Waals surface area contributed by atoms with E-state index in [1.165, 1.54) is 5.56 Å². The minimum atomic E-state index is 0.172. The average molecular weight is 263 g/mol. The zero-order valence-corrected chi connectivity index (χ0v) is 12.0. The minimum absolute atomic E-state index is 0.172. The Balaban J connectivity index is 2.48. The van der Waals surface area contributed by atoms with Gasteiger partial charge in [-0.15, -0.1) is 0 Å². The number of benzene rings is 1. The largest absolute Gasteiger partial charge is 0.338 e. The van der Waals surface area contributed by atoms with E-state index in [2.05, 4.69) is 0 Å². The van der Waals surface area contributed by atoms with Crippen LogP contribution in [0.15, 0.2) is 30.3 Å². The van der Waals surface area contributed by atoms with Gasteiger partial charge in [-0.25, -0.2) is 0 Å². The molecule has 1 rings (SSSR count). The summed E-state index contributed by atoms with van der Waals surface area (Å²) in [4.78, 5) is 16.1. The van der Waals surface area contributed by atoms with E-state index >= 15 is 0 Å². The van der Waals surface area contributed by atoms with E-state index in [4.69, 9.17) is 5.73 Å². The van der Waals surface area contributed by atoms with Crippen LogP contribution in [0.5, 0.6) is 0 Å². The monoisotopic (exact) mass is 263 g/mol. The van der Waals surface area contributed by atoms with Crippen LogP contribution in [0, 0.1) is 0 Å². The van der Waals surface area contributed by atoms with Crippen molar-refractivity contribution in [2.24, 2.45) is 5.73 Å². The number of rotatable bonds is 8. The third-order valence-corrected chi connectivity index (χ3v) is 3.10. The minimum Gasteiger partial charge on any atom is -0.338 e. The smallest absolute Gasteiger partial charge is 0.237 e. The maximum absolute atomic E-state index is 12.2. The van der Waals surface area contributed by atoms with Gasteiger partial charge in [0.05, 0.1) is 6.54 Å². The molecule has 0 aliphatic heterocycles. The first kappa shape index (κ1) is 15.7. The van der Waals surface area contributed by atoms with Crippen molar-refractivity contribution in [2.75, 3.05) is 33.2 Å². The summed E-state index contributed by atoms with van der Waals surface area (Å²) in [5.41, 5.74) is 6.64. The first-order chi connectivity index (χ1) is 9.17. The summed E-state index contributed by atoms with van der Waals surface area (Å²) in [6.45, 7) is 5.42. The molecule has 106 valence electrons. The number of nitrogens with two attached hydrogens (primary N) is 1. The lowest BCUT2D eigenvalue weighted by molar-refractivity contribution is -0.132. The van der Waals surface area contributed by atoms with Gasteiger partial charge in [0, 0.05) is 13.1 Å². The van der Waals surface area contributed by atoms with Crippen molar-refractivity contribution < 1.29 is 4.79 Å². The lowest BCUT2D eigenvalue weighted by atomic mass is 10.2. The number of carbonyl (C=O) groups is 1. The first-order valence-corrected chi connectivity index (χ1v) is 6.87. The Bertz CT molecular complexity index is 367. The Kier molecular flexibility index (Phi) is 7.15. The van der Waals surface area contributed by atoms with Crippen molar-refractivity contribution in [2.45, 2.75) is 19.9 Å². The second-order valence-electron chi connectivity index (χ2n) is 4.77. The van der Waals surface area contributed by atoms with Gasteiger partial charge in [0.25, 0.3) is 0 Å². The summed E-state index contributed by atoms with van der Waals surface area (Å²) in [6.07, 6.45) is 0.925. The van der Waals surface area contributed by atoms with E-state index < -0.39 is 0 Å². The van der Waals surface area contributed by atoms with Crippen LogP contribution >= 0.6 is 0 Å². The van der Waals surface area contributed by atoms with Crippen LogP contribution in [-0.2, 0) is 11.3 Å². The van der Waals surface area contributed by atoms with Gasteiger partial charge >= 0.3 is 0 Å². The normalized spacial score (nSPS) is 10.7. The van der Waals surface area contributed by atoms with E-state index in [1.807, 2.05) is 54.1 Å². The molecule has 0 bridgehead atoms. The molecule has 0 fully saturated rings. The predicted molar refractivity (Wildman–Crippen MR) is 78.7 cm³/mol. The SMILES string of the molecule is CCN(Cc1ccccc1)C(=O)CN(C)CCCN. The summed E-state index contributed by atoms with van der Waals surface area (Å²) < 4.78 is 0. The molecular weight excluding hydrogens is 238 g/mol. The second kappa shape index (κ2) is 8.67. The maximum Gasteiger partial charge on any atom is 0.237 e. The van der Waals surface area contributed by atoms with E-state index in [-0.39, 0.29) is 5.91 Å². The molecule has 0 radical (unpaired) electrons. The lowest BCUT2D eigenvalue weighted by Crippen LogP contribution is -2.39. The quantitative estimate of drug-likeness (QED) is 0.769. The molecule has 1 aromatic rings. The summed E-state index contributed by atoms with van der Waals surface area (Å²) in [7, 11) is 1.96. The summed E-state index contributed by atoms with van der Waals surface area (Å²) in [5, 5.41) is 0. The molecule has 19 heavy (non-hydrogen) atoms. The number of likely N-dealkylation sites (N-methyl/N-ethyl adjacent to an activating group) is 2. The van der Waals surface area contributed by atoms with Crippen LogP contribution in [0.2, 0.25) is 0 Å². The van der Waals surface area contributed by atoms with Gasteiger partial charge in [0.2, 0.25) is 5.91 Å². The first-order valence-electron chi connectivity index (χ1n) is 6.87. The van der Waals surface area contributed by atoms with E-state index in [1.54, 1.807) is 0 Å². The highest BCUT2D eigenvalue weighted by atomic mass is 16.2. The molecule has 0 aromatic heterocycles. The Morgan fingerprint density at radius 2 is 1.95 bits per heavy atom. The van der Waals surface area contributed by atoms with Crippen molar-refractivity contribution in [3.8, 4) is 0 Å². The van der Waals surface area contributed by atoms with Gasteiger partial charge in [0.1, 0.15) is 0 Å².